The lowest BCUT2D eigenvalue weighted by molar-refractivity contribution is 0.0991. The van der Waals surface area contributed by atoms with Crippen molar-refractivity contribution < 1.29 is 14.7 Å². The average molecular weight is 584 g/mol. The summed E-state index contributed by atoms with van der Waals surface area (Å²) in [5.74, 6) is -0.111. The quantitative estimate of drug-likeness (QED) is 0.220. The van der Waals surface area contributed by atoms with E-state index in [9.17, 15) is 14.7 Å². The highest BCUT2D eigenvalue weighted by Crippen LogP contribution is 2.25. The maximum absolute atomic E-state index is 13.0. The number of carbonyl (C=O) groups excluding carboxylic acids is 2. The molecular formula is C36H33N5O3. The number of piperidine rings is 1. The Hall–Kier alpha value is -5.21. The van der Waals surface area contributed by atoms with E-state index in [1.807, 2.05) is 90.7 Å². The van der Waals surface area contributed by atoms with E-state index in [1.54, 1.807) is 6.20 Å². The normalized spacial score (nSPS) is 13.9. The van der Waals surface area contributed by atoms with Crippen molar-refractivity contribution in [1.82, 2.24) is 14.3 Å². The van der Waals surface area contributed by atoms with E-state index in [-0.39, 0.29) is 17.8 Å². The fraction of sp³-hybridized carbons (Fsp3) is 0.194. The molecule has 0 radical (unpaired) electrons. The number of aryl methyl sites for hydroxylation is 1. The summed E-state index contributed by atoms with van der Waals surface area (Å²) < 4.78 is 3.90. The minimum Gasteiger partial charge on any atom is -0.393 e. The van der Waals surface area contributed by atoms with Gasteiger partial charge in [0.2, 0.25) is 0 Å². The van der Waals surface area contributed by atoms with Gasteiger partial charge in [-0.25, -0.2) is 4.68 Å². The van der Waals surface area contributed by atoms with Gasteiger partial charge in [-0.15, -0.1) is 0 Å². The Bertz CT molecular complexity index is 1980. The van der Waals surface area contributed by atoms with Crippen LogP contribution >= 0.6 is 0 Å². The zero-order valence-corrected chi connectivity index (χ0v) is 24.5. The number of anilines is 2. The number of benzene rings is 4. The van der Waals surface area contributed by atoms with E-state index < -0.39 is 0 Å². The summed E-state index contributed by atoms with van der Waals surface area (Å²) in [6.07, 6.45) is 5.45. The first-order chi connectivity index (χ1) is 21.4. The van der Waals surface area contributed by atoms with Gasteiger partial charge in [0.1, 0.15) is 0 Å². The van der Waals surface area contributed by atoms with E-state index in [4.69, 9.17) is 0 Å². The standard InChI is InChI=1S/C36H33N5O3/c1-39-17-14-27-20-24(2-12-33(27)39)21-35(43)25-3-10-31(11-4-25)41-34-13-7-29(22-28(34)23-37-41)38-36(44)26-5-8-30(9-6-26)40-18-15-32(42)16-19-40/h2-14,17,20,22-23,32,42H,15-16,18-19,21H2,1H3,(H,38,44). The molecule has 6 aromatic rings. The van der Waals surface area contributed by atoms with Gasteiger partial charge < -0.3 is 19.9 Å². The Labute approximate surface area is 255 Å². The Kier molecular flexibility index (Phi) is 7.20. The number of nitrogens with one attached hydrogen (secondary N) is 1. The third kappa shape index (κ3) is 5.47. The SMILES string of the molecule is Cn1ccc2cc(CC(=O)c3ccc(-n4ncc5cc(NC(=O)c6ccc(N7CCC(O)CC7)cc6)ccc54)cc3)ccc21. The molecule has 0 spiro atoms. The predicted molar refractivity (Wildman–Crippen MR) is 174 cm³/mol. The van der Waals surface area contributed by atoms with Crippen LogP contribution < -0.4 is 10.2 Å². The van der Waals surface area contributed by atoms with Gasteiger partial charge in [0.15, 0.2) is 5.78 Å². The highest BCUT2D eigenvalue weighted by Gasteiger charge is 2.18. The Morgan fingerprint density at radius 3 is 2.30 bits per heavy atom. The molecule has 1 aliphatic rings. The molecule has 2 N–H and O–H groups in total. The molecule has 8 heteroatoms. The molecule has 1 saturated heterocycles. The molecule has 3 heterocycles. The summed E-state index contributed by atoms with van der Waals surface area (Å²) in [4.78, 5) is 28.2. The Morgan fingerprint density at radius 2 is 1.52 bits per heavy atom. The van der Waals surface area contributed by atoms with Crippen molar-refractivity contribution in [3.8, 4) is 5.69 Å². The van der Waals surface area contributed by atoms with Gasteiger partial charge in [0.25, 0.3) is 5.91 Å². The van der Waals surface area contributed by atoms with Crippen LogP contribution in [-0.2, 0) is 13.5 Å². The van der Waals surface area contributed by atoms with E-state index in [0.717, 1.165) is 64.7 Å². The van der Waals surface area contributed by atoms with Crippen LogP contribution in [0.15, 0.2) is 103 Å². The van der Waals surface area contributed by atoms with Crippen molar-refractivity contribution in [3.63, 3.8) is 0 Å². The lowest BCUT2D eigenvalue weighted by atomic mass is 10.0. The molecule has 1 amide bonds. The molecule has 0 saturated carbocycles. The van der Waals surface area contributed by atoms with E-state index >= 15 is 0 Å². The number of rotatable bonds is 7. The maximum atomic E-state index is 13.0. The van der Waals surface area contributed by atoms with Crippen LogP contribution in [0, 0.1) is 0 Å². The molecule has 1 aliphatic heterocycles. The van der Waals surface area contributed by atoms with Crippen LogP contribution in [0.25, 0.3) is 27.5 Å². The van der Waals surface area contributed by atoms with Crippen LogP contribution in [0.4, 0.5) is 11.4 Å². The van der Waals surface area contributed by atoms with Crippen molar-refractivity contribution >= 4 is 44.9 Å². The number of nitrogens with zero attached hydrogens (tertiary/aromatic N) is 4. The molecule has 4 aromatic carbocycles. The number of amides is 1. The van der Waals surface area contributed by atoms with Crippen LogP contribution in [0.1, 0.15) is 39.1 Å². The molecule has 7 rings (SSSR count). The van der Waals surface area contributed by atoms with Crippen molar-refractivity contribution in [2.45, 2.75) is 25.4 Å². The summed E-state index contributed by atoms with van der Waals surface area (Å²) >= 11 is 0. The molecule has 2 aromatic heterocycles. The summed E-state index contributed by atoms with van der Waals surface area (Å²) in [7, 11) is 2.01. The van der Waals surface area contributed by atoms with Crippen molar-refractivity contribution in [3.05, 3.63) is 120 Å². The first-order valence-electron chi connectivity index (χ1n) is 14.9. The molecule has 0 bridgehead atoms. The second kappa shape index (κ2) is 11.5. The third-order valence-electron chi connectivity index (χ3n) is 8.53. The maximum Gasteiger partial charge on any atom is 0.255 e. The second-order valence-corrected chi connectivity index (χ2v) is 11.5. The third-order valence-corrected chi connectivity index (χ3v) is 8.53. The first kappa shape index (κ1) is 27.6. The lowest BCUT2D eigenvalue weighted by Gasteiger charge is -2.31. The first-order valence-corrected chi connectivity index (χ1v) is 14.9. The molecule has 1 fully saturated rings. The van der Waals surface area contributed by atoms with E-state index in [2.05, 4.69) is 38.1 Å². The molecular weight excluding hydrogens is 550 g/mol. The van der Waals surface area contributed by atoms with Crippen LogP contribution in [0.5, 0.6) is 0 Å². The number of hydrogen-bond donors (Lipinski definition) is 2. The Morgan fingerprint density at radius 1 is 0.818 bits per heavy atom. The zero-order valence-electron chi connectivity index (χ0n) is 24.5. The van der Waals surface area contributed by atoms with Crippen molar-refractivity contribution in [2.24, 2.45) is 7.05 Å². The number of ketones is 1. The largest absolute Gasteiger partial charge is 0.393 e. The predicted octanol–water partition coefficient (Wildman–Crippen LogP) is 6.16. The number of aliphatic hydroxyl groups excluding tert-OH is 1. The molecule has 0 atom stereocenters. The van der Waals surface area contributed by atoms with Gasteiger partial charge in [-0.05, 0) is 109 Å². The van der Waals surface area contributed by atoms with E-state index in [1.165, 1.54) is 0 Å². The number of aromatic nitrogens is 3. The van der Waals surface area contributed by atoms with Crippen molar-refractivity contribution in [2.75, 3.05) is 23.3 Å². The Balaban J connectivity index is 1.01. The molecule has 0 aliphatic carbocycles. The number of Topliss-reactive ketones (excluding diaryl/α,β-unsaturated/α-hetero) is 1. The highest BCUT2D eigenvalue weighted by atomic mass is 16.3. The monoisotopic (exact) mass is 583 g/mol. The lowest BCUT2D eigenvalue weighted by Crippen LogP contribution is -2.35. The molecule has 44 heavy (non-hydrogen) atoms. The number of fused-ring (bicyclic) bond motifs is 2. The molecule has 8 nitrogen and oxygen atoms in total. The summed E-state index contributed by atoms with van der Waals surface area (Å²) in [5, 5.41) is 19.3. The van der Waals surface area contributed by atoms with E-state index in [0.29, 0.717) is 23.2 Å². The molecule has 0 unspecified atom stereocenters. The fourth-order valence-corrected chi connectivity index (χ4v) is 5.98. The average Bonchev–Trinajstić information content (AvgIpc) is 3.64. The summed E-state index contributed by atoms with van der Waals surface area (Å²) in [5.41, 5.74) is 6.87. The molecule has 220 valence electrons. The smallest absolute Gasteiger partial charge is 0.255 e. The van der Waals surface area contributed by atoms with Crippen LogP contribution in [0.2, 0.25) is 0 Å². The zero-order chi connectivity index (χ0) is 30.2. The minimum atomic E-state index is -0.218. The van der Waals surface area contributed by atoms with Gasteiger partial charge in [0.05, 0.1) is 23.5 Å². The fourth-order valence-electron chi connectivity index (χ4n) is 5.98. The second-order valence-electron chi connectivity index (χ2n) is 11.5. The van der Waals surface area contributed by atoms with Crippen LogP contribution in [0.3, 0.4) is 0 Å². The van der Waals surface area contributed by atoms with Crippen molar-refractivity contribution in [1.29, 1.82) is 0 Å². The number of hydrogen-bond acceptors (Lipinski definition) is 5. The van der Waals surface area contributed by atoms with Gasteiger partial charge in [-0.1, -0.05) is 6.07 Å². The minimum absolute atomic E-state index is 0.0681. The summed E-state index contributed by atoms with van der Waals surface area (Å²) in [6.45, 7) is 1.63. The van der Waals surface area contributed by atoms with Crippen LogP contribution in [-0.4, -0.2) is 50.3 Å². The highest BCUT2D eigenvalue weighted by molar-refractivity contribution is 6.05. The summed E-state index contributed by atoms with van der Waals surface area (Å²) in [6, 6.07) is 29.0. The van der Waals surface area contributed by atoms with Gasteiger partial charge in [0, 0.05) is 66.2 Å². The number of carbonyl (C=O) groups is 2. The van der Waals surface area contributed by atoms with Gasteiger partial charge in [-0.3, -0.25) is 9.59 Å². The number of aliphatic hydroxyl groups is 1. The van der Waals surface area contributed by atoms with Gasteiger partial charge in [-0.2, -0.15) is 5.10 Å². The topological polar surface area (TPSA) is 92.4 Å². The van der Waals surface area contributed by atoms with Gasteiger partial charge >= 0.3 is 0 Å².